The first-order valence-electron chi connectivity index (χ1n) is 10.5. The monoisotopic (exact) mass is 426 g/mol. The maximum atomic E-state index is 12.8. The second-order valence-electron chi connectivity index (χ2n) is 7.79. The van der Waals surface area contributed by atoms with Crippen molar-refractivity contribution in [3.05, 3.63) is 65.2 Å². The summed E-state index contributed by atoms with van der Waals surface area (Å²) < 4.78 is 0. The van der Waals surface area contributed by atoms with Gasteiger partial charge in [0, 0.05) is 56.5 Å². The van der Waals surface area contributed by atoms with Crippen molar-refractivity contribution in [1.82, 2.24) is 14.7 Å². The van der Waals surface area contributed by atoms with E-state index in [9.17, 15) is 9.59 Å². The van der Waals surface area contributed by atoms with Gasteiger partial charge in [-0.1, -0.05) is 48.0 Å². The fourth-order valence-electron chi connectivity index (χ4n) is 4.03. The third-order valence-corrected chi connectivity index (χ3v) is 6.06. The number of benzene rings is 2. The summed E-state index contributed by atoms with van der Waals surface area (Å²) >= 11 is 6.05. The standard InChI is InChI=1S/C23H27ClN4O2/c24-20-7-4-8-21(17-20)28-16-15-27(23(28)30)18-22(29)26-13-11-25(12-14-26)10-9-19-5-2-1-3-6-19/h1-8,17H,9-16,18H2. The SMILES string of the molecule is O=C(CN1CCN(c2cccc(Cl)c2)C1=O)N1CCN(CCc2ccccc2)CC1. The van der Waals surface area contributed by atoms with E-state index in [1.54, 1.807) is 21.9 Å². The zero-order valence-electron chi connectivity index (χ0n) is 17.0. The normalized spacial score (nSPS) is 17.6. The highest BCUT2D eigenvalue weighted by molar-refractivity contribution is 6.30. The lowest BCUT2D eigenvalue weighted by Gasteiger charge is -2.35. The van der Waals surface area contributed by atoms with Gasteiger partial charge >= 0.3 is 6.03 Å². The minimum atomic E-state index is -0.132. The number of anilines is 1. The Morgan fingerprint density at radius 3 is 2.40 bits per heavy atom. The second kappa shape index (κ2) is 9.49. The van der Waals surface area contributed by atoms with Crippen LogP contribution in [-0.4, -0.2) is 79.0 Å². The highest BCUT2D eigenvalue weighted by Crippen LogP contribution is 2.23. The van der Waals surface area contributed by atoms with Crippen molar-refractivity contribution in [2.45, 2.75) is 6.42 Å². The van der Waals surface area contributed by atoms with E-state index in [1.807, 2.05) is 23.1 Å². The molecular formula is C23H27ClN4O2. The van der Waals surface area contributed by atoms with Crippen molar-refractivity contribution in [3.8, 4) is 0 Å². The summed E-state index contributed by atoms with van der Waals surface area (Å²) in [5.41, 5.74) is 2.11. The highest BCUT2D eigenvalue weighted by Gasteiger charge is 2.32. The van der Waals surface area contributed by atoms with Gasteiger partial charge in [0.1, 0.15) is 6.54 Å². The van der Waals surface area contributed by atoms with Crippen LogP contribution in [-0.2, 0) is 11.2 Å². The molecule has 30 heavy (non-hydrogen) atoms. The van der Waals surface area contributed by atoms with Crippen LogP contribution >= 0.6 is 11.6 Å². The van der Waals surface area contributed by atoms with Gasteiger partial charge in [-0.2, -0.15) is 0 Å². The van der Waals surface area contributed by atoms with Gasteiger partial charge in [0.15, 0.2) is 0 Å². The molecule has 7 heteroatoms. The second-order valence-corrected chi connectivity index (χ2v) is 8.23. The van der Waals surface area contributed by atoms with Gasteiger partial charge in [-0.3, -0.25) is 14.6 Å². The Morgan fingerprint density at radius 2 is 1.67 bits per heavy atom. The van der Waals surface area contributed by atoms with Crippen molar-refractivity contribution in [3.63, 3.8) is 0 Å². The van der Waals surface area contributed by atoms with E-state index < -0.39 is 0 Å². The van der Waals surface area contributed by atoms with Crippen LogP contribution in [0.5, 0.6) is 0 Å². The van der Waals surface area contributed by atoms with Crippen molar-refractivity contribution >= 4 is 29.2 Å². The van der Waals surface area contributed by atoms with Gasteiger partial charge in [0.05, 0.1) is 0 Å². The van der Waals surface area contributed by atoms with Gasteiger partial charge in [-0.15, -0.1) is 0 Å². The van der Waals surface area contributed by atoms with E-state index in [4.69, 9.17) is 11.6 Å². The fourth-order valence-corrected chi connectivity index (χ4v) is 4.21. The number of nitrogens with zero attached hydrogens (tertiary/aromatic N) is 4. The summed E-state index contributed by atoms with van der Waals surface area (Å²) in [4.78, 5) is 33.1. The Bertz CT molecular complexity index is 884. The molecule has 2 aromatic rings. The molecule has 0 radical (unpaired) electrons. The predicted molar refractivity (Wildman–Crippen MR) is 119 cm³/mol. The van der Waals surface area contributed by atoms with Crippen LogP contribution in [0.3, 0.4) is 0 Å². The zero-order valence-corrected chi connectivity index (χ0v) is 17.8. The lowest BCUT2D eigenvalue weighted by atomic mass is 10.1. The van der Waals surface area contributed by atoms with E-state index in [0.29, 0.717) is 31.2 Å². The molecular weight excluding hydrogens is 400 g/mol. The van der Waals surface area contributed by atoms with Crippen molar-refractivity contribution in [2.24, 2.45) is 0 Å². The van der Waals surface area contributed by atoms with Gasteiger partial charge in [-0.05, 0) is 30.2 Å². The van der Waals surface area contributed by atoms with Gasteiger partial charge in [0.25, 0.3) is 0 Å². The molecule has 0 unspecified atom stereocenters. The maximum absolute atomic E-state index is 12.8. The molecule has 2 saturated heterocycles. The molecule has 0 bridgehead atoms. The fraction of sp³-hybridized carbons (Fsp3) is 0.391. The summed E-state index contributed by atoms with van der Waals surface area (Å²) in [5.74, 6) is 0.0269. The molecule has 2 aliphatic heterocycles. The summed E-state index contributed by atoms with van der Waals surface area (Å²) in [6, 6.07) is 17.6. The van der Waals surface area contributed by atoms with Crippen LogP contribution in [0.15, 0.2) is 54.6 Å². The smallest absolute Gasteiger partial charge is 0.325 e. The van der Waals surface area contributed by atoms with Crippen molar-refractivity contribution < 1.29 is 9.59 Å². The first-order valence-corrected chi connectivity index (χ1v) is 10.8. The van der Waals surface area contributed by atoms with Gasteiger partial charge in [0.2, 0.25) is 5.91 Å². The first kappa shape index (κ1) is 20.7. The van der Waals surface area contributed by atoms with E-state index in [0.717, 1.165) is 31.7 Å². The molecule has 2 aromatic carbocycles. The molecule has 2 fully saturated rings. The number of urea groups is 1. The Balaban J connectivity index is 1.23. The van der Waals surface area contributed by atoms with Crippen LogP contribution in [0.1, 0.15) is 5.56 Å². The van der Waals surface area contributed by atoms with Crippen molar-refractivity contribution in [2.75, 3.05) is 57.3 Å². The highest BCUT2D eigenvalue weighted by atomic mass is 35.5. The molecule has 0 N–H and O–H groups in total. The minimum absolute atomic E-state index is 0.0269. The Labute approximate surface area is 182 Å². The molecule has 0 atom stereocenters. The van der Waals surface area contributed by atoms with Gasteiger partial charge < -0.3 is 9.80 Å². The number of piperazine rings is 1. The van der Waals surface area contributed by atoms with E-state index >= 15 is 0 Å². The average Bonchev–Trinajstić information content (AvgIpc) is 3.13. The van der Waals surface area contributed by atoms with E-state index in [-0.39, 0.29) is 18.5 Å². The molecule has 158 valence electrons. The number of hydrogen-bond acceptors (Lipinski definition) is 3. The lowest BCUT2D eigenvalue weighted by Crippen LogP contribution is -2.51. The molecule has 2 aliphatic rings. The van der Waals surface area contributed by atoms with Crippen LogP contribution in [0.2, 0.25) is 5.02 Å². The topological polar surface area (TPSA) is 47.1 Å². The average molecular weight is 427 g/mol. The third kappa shape index (κ3) is 4.94. The Morgan fingerprint density at radius 1 is 0.900 bits per heavy atom. The number of carbonyl (C=O) groups excluding carboxylic acids is 2. The summed E-state index contributed by atoms with van der Waals surface area (Å²) in [7, 11) is 0. The summed E-state index contributed by atoms with van der Waals surface area (Å²) in [6.07, 6.45) is 1.02. The number of halogens is 1. The molecule has 0 spiro atoms. The molecule has 6 nitrogen and oxygen atoms in total. The van der Waals surface area contributed by atoms with Crippen LogP contribution in [0.25, 0.3) is 0 Å². The summed E-state index contributed by atoms with van der Waals surface area (Å²) in [6.45, 7) is 5.45. The molecule has 2 heterocycles. The number of amides is 3. The molecule has 0 aliphatic carbocycles. The van der Waals surface area contributed by atoms with Crippen LogP contribution in [0.4, 0.5) is 10.5 Å². The maximum Gasteiger partial charge on any atom is 0.325 e. The zero-order chi connectivity index (χ0) is 20.9. The molecule has 4 rings (SSSR count). The number of carbonyl (C=O) groups is 2. The third-order valence-electron chi connectivity index (χ3n) is 5.83. The van der Waals surface area contributed by atoms with Gasteiger partial charge in [-0.25, -0.2) is 4.79 Å². The lowest BCUT2D eigenvalue weighted by molar-refractivity contribution is -0.133. The Kier molecular flexibility index (Phi) is 6.55. The van der Waals surface area contributed by atoms with E-state index in [1.165, 1.54) is 5.56 Å². The molecule has 0 saturated carbocycles. The first-order chi connectivity index (χ1) is 14.6. The number of hydrogen-bond donors (Lipinski definition) is 0. The van der Waals surface area contributed by atoms with Crippen molar-refractivity contribution in [1.29, 1.82) is 0 Å². The quantitative estimate of drug-likeness (QED) is 0.713. The number of rotatable bonds is 6. The molecule has 0 aromatic heterocycles. The van der Waals surface area contributed by atoms with E-state index in [2.05, 4.69) is 29.2 Å². The van der Waals surface area contributed by atoms with Crippen LogP contribution in [0, 0.1) is 0 Å². The summed E-state index contributed by atoms with van der Waals surface area (Å²) in [5, 5.41) is 0.597. The largest absolute Gasteiger partial charge is 0.339 e. The Hall–Kier alpha value is -2.57. The van der Waals surface area contributed by atoms with Crippen LogP contribution < -0.4 is 4.90 Å². The molecule has 3 amide bonds. The minimum Gasteiger partial charge on any atom is -0.339 e. The predicted octanol–water partition coefficient (Wildman–Crippen LogP) is 2.97.